The van der Waals surface area contributed by atoms with Crippen LogP contribution in [0.15, 0.2) is 47.9 Å². The summed E-state index contributed by atoms with van der Waals surface area (Å²) in [6, 6.07) is 10.7. The van der Waals surface area contributed by atoms with E-state index in [4.69, 9.17) is 5.73 Å². The molecule has 3 N–H and O–H groups in total. The van der Waals surface area contributed by atoms with Crippen molar-refractivity contribution in [1.29, 1.82) is 0 Å². The second kappa shape index (κ2) is 8.45. The fourth-order valence-corrected chi connectivity index (χ4v) is 5.00. The van der Waals surface area contributed by atoms with Gasteiger partial charge in [-0.25, -0.2) is 4.98 Å². The van der Waals surface area contributed by atoms with Crippen LogP contribution in [0.5, 0.6) is 0 Å². The van der Waals surface area contributed by atoms with Gasteiger partial charge in [-0.15, -0.1) is 22.7 Å². The number of benzene rings is 1. The molecule has 0 aliphatic carbocycles. The lowest BCUT2D eigenvalue weighted by molar-refractivity contribution is 0.102. The molecule has 5 nitrogen and oxygen atoms in total. The quantitative estimate of drug-likeness (QED) is 0.290. The van der Waals surface area contributed by atoms with Crippen molar-refractivity contribution in [2.45, 2.75) is 20.8 Å². The summed E-state index contributed by atoms with van der Waals surface area (Å²) in [5.41, 5.74) is 11.0. The number of hydrogen-bond acceptors (Lipinski definition) is 6. The van der Waals surface area contributed by atoms with Crippen LogP contribution in [-0.4, -0.2) is 16.7 Å². The Morgan fingerprint density at radius 3 is 2.48 bits per heavy atom. The molecule has 0 spiro atoms. The first-order valence-corrected chi connectivity index (χ1v) is 11.4. The third-order valence-corrected chi connectivity index (χ3v) is 7.19. The van der Waals surface area contributed by atoms with Crippen molar-refractivity contribution in [3.8, 4) is 0 Å². The Kier molecular flexibility index (Phi) is 5.71. The number of ketones is 1. The Morgan fingerprint density at radius 2 is 1.81 bits per heavy atom. The molecular formula is C24H21N3O2S2. The highest BCUT2D eigenvalue weighted by molar-refractivity contribution is 7.21. The molecule has 0 radical (unpaired) electrons. The molecule has 1 amide bonds. The molecule has 0 aliphatic heterocycles. The van der Waals surface area contributed by atoms with E-state index in [0.717, 1.165) is 31.9 Å². The molecule has 31 heavy (non-hydrogen) atoms. The number of allylic oxidation sites excluding steroid dienone is 1. The fraction of sp³-hybridized carbons (Fsp3) is 0.125. The molecule has 3 heterocycles. The second-order valence-electron chi connectivity index (χ2n) is 7.22. The van der Waals surface area contributed by atoms with Gasteiger partial charge in [0.05, 0.1) is 5.69 Å². The van der Waals surface area contributed by atoms with Gasteiger partial charge in [0.15, 0.2) is 5.78 Å². The molecule has 0 bridgehead atoms. The molecule has 156 valence electrons. The third-order valence-electron chi connectivity index (χ3n) is 5.25. The molecule has 7 heteroatoms. The van der Waals surface area contributed by atoms with Gasteiger partial charge in [0.25, 0.3) is 5.91 Å². The maximum Gasteiger partial charge on any atom is 0.267 e. The van der Waals surface area contributed by atoms with Gasteiger partial charge in [0, 0.05) is 27.2 Å². The van der Waals surface area contributed by atoms with Gasteiger partial charge >= 0.3 is 0 Å². The first-order valence-electron chi connectivity index (χ1n) is 9.68. The molecular weight excluding hydrogens is 426 g/mol. The molecule has 0 unspecified atom stereocenters. The zero-order chi connectivity index (χ0) is 22.1. The van der Waals surface area contributed by atoms with Crippen LogP contribution in [0.1, 0.15) is 41.7 Å². The predicted molar refractivity (Wildman–Crippen MR) is 130 cm³/mol. The summed E-state index contributed by atoms with van der Waals surface area (Å²) >= 11 is 2.86. The maximum atomic E-state index is 12.9. The van der Waals surface area contributed by atoms with Crippen molar-refractivity contribution in [2.24, 2.45) is 0 Å². The van der Waals surface area contributed by atoms with Crippen molar-refractivity contribution in [3.63, 3.8) is 0 Å². The van der Waals surface area contributed by atoms with Crippen LogP contribution in [0.25, 0.3) is 16.3 Å². The van der Waals surface area contributed by atoms with Gasteiger partial charge in [-0.05, 0) is 79.8 Å². The number of rotatable bonds is 5. The zero-order valence-corrected chi connectivity index (χ0v) is 19.0. The number of aryl methyl sites for hydroxylation is 2. The minimum absolute atomic E-state index is 0.0904. The minimum Gasteiger partial charge on any atom is -0.397 e. The minimum atomic E-state index is -0.285. The summed E-state index contributed by atoms with van der Waals surface area (Å²) < 4.78 is 0. The van der Waals surface area contributed by atoms with Crippen LogP contribution in [0, 0.1) is 20.8 Å². The third kappa shape index (κ3) is 4.15. The van der Waals surface area contributed by atoms with E-state index < -0.39 is 0 Å². The van der Waals surface area contributed by atoms with Gasteiger partial charge in [-0.3, -0.25) is 9.59 Å². The standard InChI is InChI=1S/C24H21N3O2S2/c1-13-14(2)20-21(25)22(31-24(20)26-15(13)3)23(29)27-17-8-6-16(7-9-17)19(28)11-10-18-5-4-12-30-18/h4-12H,25H2,1-3H3,(H,27,29). The lowest BCUT2D eigenvalue weighted by atomic mass is 10.1. The number of nitrogens with one attached hydrogen (secondary N) is 1. The van der Waals surface area contributed by atoms with Crippen LogP contribution in [0.3, 0.4) is 0 Å². The zero-order valence-electron chi connectivity index (χ0n) is 17.4. The first kappa shape index (κ1) is 21.0. The highest BCUT2D eigenvalue weighted by atomic mass is 32.1. The SMILES string of the molecule is Cc1nc2sc(C(=O)Nc3ccc(C(=O)C=Cc4cccs4)cc3)c(N)c2c(C)c1C. The summed E-state index contributed by atoms with van der Waals surface area (Å²) in [4.78, 5) is 32.0. The van der Waals surface area contributed by atoms with E-state index in [1.54, 1.807) is 47.8 Å². The van der Waals surface area contributed by atoms with E-state index in [-0.39, 0.29) is 11.7 Å². The number of nitrogen functional groups attached to an aromatic ring is 1. The number of aromatic nitrogens is 1. The summed E-state index contributed by atoms with van der Waals surface area (Å²) in [7, 11) is 0. The van der Waals surface area contributed by atoms with Crippen molar-refractivity contribution >= 4 is 62.0 Å². The molecule has 0 atom stereocenters. The van der Waals surface area contributed by atoms with Crippen LogP contribution in [-0.2, 0) is 0 Å². The Labute approximate surface area is 188 Å². The molecule has 0 saturated heterocycles. The van der Waals surface area contributed by atoms with Gasteiger partial charge in [0.2, 0.25) is 0 Å². The van der Waals surface area contributed by atoms with Crippen molar-refractivity contribution in [2.75, 3.05) is 11.1 Å². The number of nitrogens with two attached hydrogens (primary N) is 1. The Hall–Kier alpha value is -3.29. The average molecular weight is 448 g/mol. The Balaban J connectivity index is 1.52. The van der Waals surface area contributed by atoms with Crippen molar-refractivity contribution in [1.82, 2.24) is 4.98 Å². The van der Waals surface area contributed by atoms with Gasteiger partial charge in [-0.1, -0.05) is 6.07 Å². The number of thiophene rings is 2. The van der Waals surface area contributed by atoms with E-state index in [1.165, 1.54) is 11.3 Å². The number of nitrogens with zero attached hydrogens (tertiary/aromatic N) is 1. The number of carbonyl (C=O) groups excluding carboxylic acids is 2. The second-order valence-corrected chi connectivity index (χ2v) is 9.20. The number of pyridine rings is 1. The molecule has 1 aromatic carbocycles. The van der Waals surface area contributed by atoms with E-state index in [2.05, 4.69) is 10.3 Å². The number of hydrogen-bond donors (Lipinski definition) is 2. The largest absolute Gasteiger partial charge is 0.397 e. The molecule has 4 rings (SSSR count). The smallest absolute Gasteiger partial charge is 0.267 e. The Morgan fingerprint density at radius 1 is 1.06 bits per heavy atom. The van der Waals surface area contributed by atoms with Crippen LogP contribution in [0.2, 0.25) is 0 Å². The maximum absolute atomic E-state index is 12.9. The van der Waals surface area contributed by atoms with E-state index >= 15 is 0 Å². The predicted octanol–water partition coefficient (Wildman–Crippen LogP) is 6.01. The van der Waals surface area contributed by atoms with Crippen LogP contribution >= 0.6 is 22.7 Å². The monoisotopic (exact) mass is 447 g/mol. The first-order chi connectivity index (χ1) is 14.8. The molecule has 3 aromatic heterocycles. The lowest BCUT2D eigenvalue weighted by Crippen LogP contribution is -2.12. The van der Waals surface area contributed by atoms with E-state index in [1.807, 2.05) is 38.3 Å². The van der Waals surface area contributed by atoms with Crippen molar-refractivity contribution < 1.29 is 9.59 Å². The van der Waals surface area contributed by atoms with E-state index in [9.17, 15) is 9.59 Å². The molecule has 0 aliphatic rings. The lowest BCUT2D eigenvalue weighted by Gasteiger charge is -2.06. The average Bonchev–Trinajstić information content (AvgIpc) is 3.39. The molecule has 0 saturated carbocycles. The van der Waals surface area contributed by atoms with Crippen LogP contribution < -0.4 is 11.1 Å². The topological polar surface area (TPSA) is 85.1 Å². The highest BCUT2D eigenvalue weighted by Gasteiger charge is 2.20. The van der Waals surface area contributed by atoms with Gasteiger partial charge < -0.3 is 11.1 Å². The highest BCUT2D eigenvalue weighted by Crippen LogP contribution is 2.36. The molecule has 4 aromatic rings. The van der Waals surface area contributed by atoms with E-state index in [0.29, 0.717) is 21.8 Å². The van der Waals surface area contributed by atoms with Gasteiger partial charge in [-0.2, -0.15) is 0 Å². The van der Waals surface area contributed by atoms with Gasteiger partial charge in [0.1, 0.15) is 9.71 Å². The summed E-state index contributed by atoms with van der Waals surface area (Å²) in [5, 5.41) is 5.67. The summed E-state index contributed by atoms with van der Waals surface area (Å²) in [6.45, 7) is 5.96. The van der Waals surface area contributed by atoms with Crippen molar-refractivity contribution in [3.05, 3.63) is 80.0 Å². The summed E-state index contributed by atoms with van der Waals surface area (Å²) in [6.07, 6.45) is 3.35. The number of anilines is 2. The fourth-order valence-electron chi connectivity index (χ4n) is 3.28. The normalized spacial score (nSPS) is 11.3. The molecule has 0 fully saturated rings. The number of amides is 1. The Bertz CT molecular complexity index is 1320. The number of carbonyl (C=O) groups is 2. The summed E-state index contributed by atoms with van der Waals surface area (Å²) in [5.74, 6) is -0.376. The van der Waals surface area contributed by atoms with Crippen LogP contribution in [0.4, 0.5) is 11.4 Å². The number of fused-ring (bicyclic) bond motifs is 1.